The van der Waals surface area contributed by atoms with E-state index in [-0.39, 0.29) is 11.7 Å². The number of carbonyl (C=O) groups excluding carboxylic acids is 2. The fourth-order valence-electron chi connectivity index (χ4n) is 1.66. The van der Waals surface area contributed by atoms with E-state index < -0.39 is 0 Å². The van der Waals surface area contributed by atoms with Crippen LogP contribution >= 0.6 is 0 Å². The maximum Gasteiger partial charge on any atom is 0.220 e. The number of Topliss-reactive ketones (excluding diaryl/α,β-unsaturated/α-hetero) is 1. The normalized spacial score (nSPS) is 10.2. The Bertz CT molecular complexity index is 214. The molecule has 0 aliphatic heterocycles. The van der Waals surface area contributed by atoms with Crippen molar-refractivity contribution in [2.45, 2.75) is 71.6 Å². The molecule has 0 unspecified atom stereocenters. The number of rotatable bonds is 11. The summed E-state index contributed by atoms with van der Waals surface area (Å²) in [5.41, 5.74) is 0. The molecule has 1 N–H and O–H groups in total. The summed E-state index contributed by atoms with van der Waals surface area (Å²) in [6, 6.07) is 0. The molecule has 0 spiro atoms. The van der Waals surface area contributed by atoms with Crippen molar-refractivity contribution < 1.29 is 9.59 Å². The van der Waals surface area contributed by atoms with E-state index in [2.05, 4.69) is 12.2 Å². The average Bonchev–Trinajstić information content (AvgIpc) is 2.33. The number of ketones is 1. The van der Waals surface area contributed by atoms with Gasteiger partial charge in [0.15, 0.2) is 0 Å². The van der Waals surface area contributed by atoms with E-state index in [1.54, 1.807) is 0 Å². The highest BCUT2D eigenvalue weighted by atomic mass is 16.2. The Balaban J connectivity index is 3.36. The quantitative estimate of drug-likeness (QED) is 0.564. The predicted molar refractivity (Wildman–Crippen MR) is 70.9 cm³/mol. The molecule has 100 valence electrons. The van der Waals surface area contributed by atoms with Crippen LogP contribution in [-0.4, -0.2) is 18.2 Å². The third-order valence-electron chi connectivity index (χ3n) is 2.76. The molecule has 0 aliphatic carbocycles. The summed E-state index contributed by atoms with van der Waals surface area (Å²) < 4.78 is 0. The first-order valence-electron chi connectivity index (χ1n) is 6.99. The maximum absolute atomic E-state index is 11.5. The zero-order chi connectivity index (χ0) is 12.9. The molecular formula is C14H27NO2. The van der Waals surface area contributed by atoms with E-state index in [1.165, 1.54) is 19.3 Å². The molecule has 0 saturated carbocycles. The van der Waals surface area contributed by atoms with Crippen LogP contribution < -0.4 is 5.32 Å². The summed E-state index contributed by atoms with van der Waals surface area (Å²) in [5.74, 6) is 0.235. The van der Waals surface area contributed by atoms with Gasteiger partial charge >= 0.3 is 0 Å². The number of unbranched alkanes of at least 4 members (excludes halogenated alkanes) is 4. The van der Waals surface area contributed by atoms with Crippen LogP contribution in [0.15, 0.2) is 0 Å². The topological polar surface area (TPSA) is 46.2 Å². The minimum atomic E-state index is 0.00572. The van der Waals surface area contributed by atoms with Gasteiger partial charge in [0.2, 0.25) is 5.91 Å². The molecule has 0 aliphatic rings. The maximum atomic E-state index is 11.5. The van der Waals surface area contributed by atoms with Gasteiger partial charge in [0.25, 0.3) is 0 Å². The monoisotopic (exact) mass is 241 g/mol. The molecule has 0 aromatic rings. The van der Waals surface area contributed by atoms with Crippen LogP contribution in [0, 0.1) is 0 Å². The fourth-order valence-corrected chi connectivity index (χ4v) is 1.66. The molecule has 0 aromatic heterocycles. The van der Waals surface area contributed by atoms with Crippen molar-refractivity contribution in [2.75, 3.05) is 6.54 Å². The zero-order valence-corrected chi connectivity index (χ0v) is 11.4. The zero-order valence-electron chi connectivity index (χ0n) is 11.4. The first-order chi connectivity index (χ1) is 8.20. The summed E-state index contributed by atoms with van der Waals surface area (Å²) in [6.07, 6.45) is 8.18. The Hall–Kier alpha value is -0.860. The second kappa shape index (κ2) is 11.6. The van der Waals surface area contributed by atoms with E-state index in [9.17, 15) is 9.59 Å². The van der Waals surface area contributed by atoms with Crippen LogP contribution in [0.4, 0.5) is 0 Å². The van der Waals surface area contributed by atoms with Crippen LogP contribution in [-0.2, 0) is 9.59 Å². The van der Waals surface area contributed by atoms with Crippen molar-refractivity contribution >= 4 is 11.7 Å². The van der Waals surface area contributed by atoms with Crippen molar-refractivity contribution in [3.05, 3.63) is 0 Å². The third-order valence-corrected chi connectivity index (χ3v) is 2.76. The summed E-state index contributed by atoms with van der Waals surface area (Å²) in [7, 11) is 0. The summed E-state index contributed by atoms with van der Waals surface area (Å²) in [5, 5.41) is 2.78. The smallest absolute Gasteiger partial charge is 0.220 e. The van der Waals surface area contributed by atoms with Gasteiger partial charge in [-0.05, 0) is 12.8 Å². The van der Waals surface area contributed by atoms with Crippen molar-refractivity contribution in [1.29, 1.82) is 0 Å². The van der Waals surface area contributed by atoms with Crippen LogP contribution in [0.1, 0.15) is 71.6 Å². The van der Waals surface area contributed by atoms with Gasteiger partial charge in [0.1, 0.15) is 5.78 Å². The number of carbonyl (C=O) groups is 2. The van der Waals surface area contributed by atoms with Crippen molar-refractivity contribution in [3.63, 3.8) is 0 Å². The van der Waals surface area contributed by atoms with E-state index >= 15 is 0 Å². The lowest BCUT2D eigenvalue weighted by atomic mass is 10.1. The number of amides is 1. The van der Waals surface area contributed by atoms with Gasteiger partial charge in [0, 0.05) is 25.8 Å². The van der Waals surface area contributed by atoms with E-state index in [0.717, 1.165) is 19.3 Å². The standard InChI is InChI=1S/C14H27NO2/c1-3-5-6-7-8-9-13(16)10-11-14(17)15-12-4-2/h3-12H2,1-2H3,(H,15,17). The van der Waals surface area contributed by atoms with Gasteiger partial charge in [-0.3, -0.25) is 9.59 Å². The third kappa shape index (κ3) is 11.4. The molecule has 17 heavy (non-hydrogen) atoms. The number of hydrogen-bond acceptors (Lipinski definition) is 2. The van der Waals surface area contributed by atoms with Crippen LogP contribution in [0.5, 0.6) is 0 Å². The van der Waals surface area contributed by atoms with Crippen LogP contribution in [0.2, 0.25) is 0 Å². The lowest BCUT2D eigenvalue weighted by molar-refractivity contribution is -0.125. The first-order valence-corrected chi connectivity index (χ1v) is 6.99. The highest BCUT2D eigenvalue weighted by molar-refractivity contribution is 5.84. The molecule has 0 bridgehead atoms. The number of hydrogen-bond donors (Lipinski definition) is 1. The molecule has 1 amide bonds. The average molecular weight is 241 g/mol. The summed E-state index contributed by atoms with van der Waals surface area (Å²) >= 11 is 0. The van der Waals surface area contributed by atoms with Gasteiger partial charge in [-0.1, -0.05) is 39.5 Å². The minimum Gasteiger partial charge on any atom is -0.356 e. The van der Waals surface area contributed by atoms with Gasteiger partial charge in [0.05, 0.1) is 0 Å². The Morgan fingerprint density at radius 1 is 0.824 bits per heavy atom. The minimum absolute atomic E-state index is 0.00572. The lowest BCUT2D eigenvalue weighted by Gasteiger charge is -2.03. The Morgan fingerprint density at radius 3 is 2.18 bits per heavy atom. The molecule has 0 atom stereocenters. The highest BCUT2D eigenvalue weighted by Crippen LogP contribution is 2.07. The van der Waals surface area contributed by atoms with E-state index in [0.29, 0.717) is 25.8 Å². The van der Waals surface area contributed by atoms with Crippen molar-refractivity contribution in [1.82, 2.24) is 5.32 Å². The molecule has 3 heteroatoms. The van der Waals surface area contributed by atoms with E-state index in [4.69, 9.17) is 0 Å². The molecule has 0 radical (unpaired) electrons. The molecule has 0 aromatic carbocycles. The Kier molecular flexibility index (Phi) is 11.0. The van der Waals surface area contributed by atoms with Crippen LogP contribution in [0.3, 0.4) is 0 Å². The van der Waals surface area contributed by atoms with E-state index in [1.807, 2.05) is 6.92 Å². The second-order valence-electron chi connectivity index (χ2n) is 4.55. The van der Waals surface area contributed by atoms with Crippen molar-refractivity contribution in [3.8, 4) is 0 Å². The largest absolute Gasteiger partial charge is 0.356 e. The Morgan fingerprint density at radius 2 is 1.53 bits per heavy atom. The first kappa shape index (κ1) is 16.1. The van der Waals surface area contributed by atoms with Crippen LogP contribution in [0.25, 0.3) is 0 Å². The lowest BCUT2D eigenvalue weighted by Crippen LogP contribution is -2.24. The van der Waals surface area contributed by atoms with Gasteiger partial charge in [-0.15, -0.1) is 0 Å². The van der Waals surface area contributed by atoms with Gasteiger partial charge < -0.3 is 5.32 Å². The molecule has 3 nitrogen and oxygen atoms in total. The number of nitrogens with one attached hydrogen (secondary N) is 1. The predicted octanol–water partition coefficient (Wildman–Crippen LogP) is 3.22. The molecule has 0 fully saturated rings. The van der Waals surface area contributed by atoms with Gasteiger partial charge in [-0.25, -0.2) is 0 Å². The fraction of sp³-hybridized carbons (Fsp3) is 0.857. The molecular weight excluding hydrogens is 214 g/mol. The van der Waals surface area contributed by atoms with Gasteiger partial charge in [-0.2, -0.15) is 0 Å². The Labute approximate surface area is 105 Å². The highest BCUT2D eigenvalue weighted by Gasteiger charge is 2.06. The molecule has 0 heterocycles. The van der Waals surface area contributed by atoms with Crippen molar-refractivity contribution in [2.24, 2.45) is 0 Å². The summed E-state index contributed by atoms with van der Waals surface area (Å²) in [6.45, 7) is 4.91. The summed E-state index contributed by atoms with van der Waals surface area (Å²) in [4.78, 5) is 22.7. The SMILES string of the molecule is CCCCCCCC(=O)CCC(=O)NCCC. The molecule has 0 rings (SSSR count). The second-order valence-corrected chi connectivity index (χ2v) is 4.55. The molecule has 0 saturated heterocycles.